The molecule has 2 rings (SSSR count). The van der Waals surface area contributed by atoms with Crippen LogP contribution in [-0.2, 0) is 16.0 Å². The predicted molar refractivity (Wildman–Crippen MR) is 81.9 cm³/mol. The fourth-order valence-corrected chi connectivity index (χ4v) is 1.85. The molecule has 0 spiro atoms. The van der Waals surface area contributed by atoms with Gasteiger partial charge in [0.25, 0.3) is 0 Å². The highest BCUT2D eigenvalue weighted by atomic mass is 16.2. The van der Waals surface area contributed by atoms with Crippen molar-refractivity contribution in [2.24, 2.45) is 0 Å². The third kappa shape index (κ3) is 5.06. The number of rotatable bonds is 5. The zero-order chi connectivity index (χ0) is 15.1. The van der Waals surface area contributed by atoms with Crippen LogP contribution < -0.4 is 10.6 Å². The first-order valence-corrected chi connectivity index (χ1v) is 6.71. The van der Waals surface area contributed by atoms with E-state index < -0.39 is 0 Å². The highest BCUT2D eigenvalue weighted by Crippen LogP contribution is 2.14. The number of hydrogen-bond donors (Lipinski definition) is 2. The van der Waals surface area contributed by atoms with Crippen molar-refractivity contribution in [2.45, 2.75) is 19.8 Å². The van der Waals surface area contributed by atoms with E-state index in [1.165, 1.54) is 6.92 Å². The summed E-state index contributed by atoms with van der Waals surface area (Å²) < 4.78 is 0. The maximum absolute atomic E-state index is 11.8. The van der Waals surface area contributed by atoms with Gasteiger partial charge in [0.15, 0.2) is 0 Å². The molecule has 0 radical (unpaired) electrons. The molecule has 0 aliphatic rings. The second-order valence-electron chi connectivity index (χ2n) is 4.63. The summed E-state index contributed by atoms with van der Waals surface area (Å²) in [7, 11) is 0. The van der Waals surface area contributed by atoms with Crippen molar-refractivity contribution in [3.05, 3.63) is 54.4 Å². The summed E-state index contributed by atoms with van der Waals surface area (Å²) >= 11 is 0. The summed E-state index contributed by atoms with van der Waals surface area (Å²) in [6, 6.07) is 12.6. The molecule has 5 nitrogen and oxygen atoms in total. The molecule has 1 aromatic carbocycles. The van der Waals surface area contributed by atoms with Gasteiger partial charge in [-0.2, -0.15) is 0 Å². The van der Waals surface area contributed by atoms with E-state index in [1.807, 2.05) is 18.2 Å². The van der Waals surface area contributed by atoms with Gasteiger partial charge in [0.05, 0.1) is 0 Å². The van der Waals surface area contributed by atoms with E-state index in [1.54, 1.807) is 30.5 Å². The largest absolute Gasteiger partial charge is 0.326 e. The molecule has 5 heteroatoms. The van der Waals surface area contributed by atoms with Gasteiger partial charge in [-0.25, -0.2) is 0 Å². The van der Waals surface area contributed by atoms with Crippen molar-refractivity contribution >= 4 is 23.2 Å². The van der Waals surface area contributed by atoms with Crippen LogP contribution in [0.2, 0.25) is 0 Å². The maximum Gasteiger partial charge on any atom is 0.224 e. The Labute approximate surface area is 123 Å². The molecule has 0 fully saturated rings. The molecule has 0 unspecified atom stereocenters. The van der Waals surface area contributed by atoms with Crippen LogP contribution >= 0.6 is 0 Å². The molecule has 1 heterocycles. The number of pyridine rings is 1. The topological polar surface area (TPSA) is 71.1 Å². The number of aromatic nitrogens is 1. The molecular weight excluding hydrogens is 266 g/mol. The lowest BCUT2D eigenvalue weighted by Crippen LogP contribution is -2.12. The maximum atomic E-state index is 11.8. The average molecular weight is 283 g/mol. The third-order valence-electron chi connectivity index (χ3n) is 2.82. The van der Waals surface area contributed by atoms with E-state index in [0.29, 0.717) is 24.2 Å². The number of carbonyl (C=O) groups is 2. The van der Waals surface area contributed by atoms with E-state index in [0.717, 1.165) is 5.69 Å². The first kappa shape index (κ1) is 14.7. The normalized spacial score (nSPS) is 9.95. The number of nitrogens with zero attached hydrogens (tertiary/aromatic N) is 1. The van der Waals surface area contributed by atoms with Crippen molar-refractivity contribution in [3.63, 3.8) is 0 Å². The Kier molecular flexibility index (Phi) is 5.04. The van der Waals surface area contributed by atoms with Crippen LogP contribution in [0.4, 0.5) is 11.4 Å². The van der Waals surface area contributed by atoms with Crippen molar-refractivity contribution in [1.82, 2.24) is 4.98 Å². The highest BCUT2D eigenvalue weighted by Gasteiger charge is 2.04. The molecule has 0 saturated carbocycles. The standard InChI is InChI=1S/C16H17N3O2/c1-12(20)18-14-5-7-15(8-6-14)19-16(21)10-9-13-4-2-3-11-17-13/h2-8,11H,9-10H2,1H3,(H,18,20)(H,19,21). The summed E-state index contributed by atoms with van der Waals surface area (Å²) in [4.78, 5) is 26.9. The molecule has 1 aromatic heterocycles. The quantitative estimate of drug-likeness (QED) is 0.886. The van der Waals surface area contributed by atoms with Gasteiger partial charge in [0.2, 0.25) is 11.8 Å². The van der Waals surface area contributed by atoms with Gasteiger partial charge in [0.1, 0.15) is 0 Å². The van der Waals surface area contributed by atoms with Crippen molar-refractivity contribution < 1.29 is 9.59 Å². The Morgan fingerprint density at radius 1 is 1.00 bits per heavy atom. The number of nitrogens with one attached hydrogen (secondary N) is 2. The summed E-state index contributed by atoms with van der Waals surface area (Å²) in [5.41, 5.74) is 2.30. The molecule has 108 valence electrons. The predicted octanol–water partition coefficient (Wildman–Crippen LogP) is 2.61. The van der Waals surface area contributed by atoms with Crippen LogP contribution in [-0.4, -0.2) is 16.8 Å². The molecule has 0 aliphatic carbocycles. The minimum absolute atomic E-state index is 0.0621. The second-order valence-corrected chi connectivity index (χ2v) is 4.63. The zero-order valence-electron chi connectivity index (χ0n) is 11.8. The lowest BCUT2D eigenvalue weighted by molar-refractivity contribution is -0.116. The summed E-state index contributed by atoms with van der Waals surface area (Å²) in [5, 5.41) is 5.49. The Hall–Kier alpha value is -2.69. The second kappa shape index (κ2) is 7.19. The Balaban J connectivity index is 1.83. The molecule has 2 N–H and O–H groups in total. The average Bonchev–Trinajstić information content (AvgIpc) is 2.48. The van der Waals surface area contributed by atoms with Crippen molar-refractivity contribution in [3.8, 4) is 0 Å². The minimum atomic E-state index is -0.123. The molecule has 2 aromatic rings. The van der Waals surface area contributed by atoms with E-state index in [4.69, 9.17) is 0 Å². The fourth-order valence-electron chi connectivity index (χ4n) is 1.85. The molecule has 21 heavy (non-hydrogen) atoms. The van der Waals surface area contributed by atoms with E-state index in [2.05, 4.69) is 15.6 Å². The fraction of sp³-hybridized carbons (Fsp3) is 0.188. The van der Waals surface area contributed by atoms with E-state index in [9.17, 15) is 9.59 Å². The Morgan fingerprint density at radius 2 is 1.67 bits per heavy atom. The minimum Gasteiger partial charge on any atom is -0.326 e. The lowest BCUT2D eigenvalue weighted by Gasteiger charge is -2.07. The van der Waals surface area contributed by atoms with Crippen LogP contribution in [0.25, 0.3) is 0 Å². The summed E-state index contributed by atoms with van der Waals surface area (Å²) in [5.74, 6) is -0.185. The molecule has 0 saturated heterocycles. The van der Waals surface area contributed by atoms with Gasteiger partial charge in [-0.3, -0.25) is 14.6 Å². The number of hydrogen-bond acceptors (Lipinski definition) is 3. The van der Waals surface area contributed by atoms with Gasteiger partial charge in [-0.1, -0.05) is 6.07 Å². The summed E-state index contributed by atoms with van der Waals surface area (Å²) in [6.07, 6.45) is 2.70. The van der Waals surface area contributed by atoms with Crippen molar-refractivity contribution in [1.29, 1.82) is 0 Å². The number of carbonyl (C=O) groups excluding carboxylic acids is 2. The molecular formula is C16H17N3O2. The monoisotopic (exact) mass is 283 g/mol. The molecule has 0 bridgehead atoms. The number of anilines is 2. The number of aryl methyl sites for hydroxylation is 1. The van der Waals surface area contributed by atoms with Crippen LogP contribution in [0.3, 0.4) is 0 Å². The highest BCUT2D eigenvalue weighted by molar-refractivity contribution is 5.92. The van der Waals surface area contributed by atoms with Crippen molar-refractivity contribution in [2.75, 3.05) is 10.6 Å². The van der Waals surface area contributed by atoms with Gasteiger partial charge < -0.3 is 10.6 Å². The first-order valence-electron chi connectivity index (χ1n) is 6.71. The Morgan fingerprint density at radius 3 is 2.24 bits per heavy atom. The van der Waals surface area contributed by atoms with E-state index in [-0.39, 0.29) is 11.8 Å². The zero-order valence-corrected chi connectivity index (χ0v) is 11.8. The van der Waals surface area contributed by atoms with Crippen LogP contribution in [0.5, 0.6) is 0 Å². The lowest BCUT2D eigenvalue weighted by atomic mass is 10.2. The Bertz CT molecular complexity index is 609. The molecule has 0 aliphatic heterocycles. The number of benzene rings is 1. The third-order valence-corrected chi connectivity index (χ3v) is 2.82. The van der Waals surface area contributed by atoms with Gasteiger partial charge in [-0.15, -0.1) is 0 Å². The van der Waals surface area contributed by atoms with Crippen LogP contribution in [0, 0.1) is 0 Å². The molecule has 2 amide bonds. The van der Waals surface area contributed by atoms with Gasteiger partial charge in [-0.05, 0) is 42.8 Å². The van der Waals surface area contributed by atoms with Gasteiger partial charge >= 0.3 is 0 Å². The smallest absolute Gasteiger partial charge is 0.224 e. The summed E-state index contributed by atoms with van der Waals surface area (Å²) in [6.45, 7) is 1.45. The van der Waals surface area contributed by atoms with Gasteiger partial charge in [0, 0.05) is 36.6 Å². The molecule has 0 atom stereocenters. The number of amides is 2. The van der Waals surface area contributed by atoms with Crippen LogP contribution in [0.1, 0.15) is 19.0 Å². The first-order chi connectivity index (χ1) is 10.1. The van der Waals surface area contributed by atoms with Crippen LogP contribution in [0.15, 0.2) is 48.7 Å². The van der Waals surface area contributed by atoms with E-state index >= 15 is 0 Å². The SMILES string of the molecule is CC(=O)Nc1ccc(NC(=O)CCc2ccccn2)cc1.